The molecule has 3 rings (SSSR count). The van der Waals surface area contributed by atoms with Crippen molar-refractivity contribution in [2.24, 2.45) is 0 Å². The Morgan fingerprint density at radius 3 is 2.30 bits per heavy atom. The molecule has 2 aromatic rings. The van der Waals surface area contributed by atoms with Gasteiger partial charge in [-0.1, -0.05) is 35.9 Å². The Morgan fingerprint density at radius 2 is 1.65 bits per heavy atom. The molecule has 0 amide bonds. The third-order valence-corrected chi connectivity index (χ3v) is 3.57. The average Bonchev–Trinajstić information content (AvgIpc) is 2.86. The minimum Gasteiger partial charge on any atom is -0.246 e. The average molecular weight is 269 g/mol. The van der Waals surface area contributed by atoms with E-state index < -0.39 is 13.3 Å². The quantitative estimate of drug-likeness (QED) is 0.712. The number of benzene rings is 2. The van der Waals surface area contributed by atoms with Crippen LogP contribution in [0.1, 0.15) is 29.2 Å². The van der Waals surface area contributed by atoms with E-state index in [1.165, 1.54) is 5.57 Å². The van der Waals surface area contributed by atoms with E-state index >= 15 is 0 Å². The van der Waals surface area contributed by atoms with Gasteiger partial charge in [-0.15, -0.1) is 0 Å². The molecule has 0 saturated heterocycles. The first-order chi connectivity index (χ1) is 9.71. The molecule has 0 N–H and O–H groups in total. The maximum atomic E-state index is 12.9. The lowest BCUT2D eigenvalue weighted by Crippen LogP contribution is -1.91. The standard InChI is InChI=1S/C18H15F2/c1-12-5-15-3-2-4-17(18(15)6-12)16-8-13(10-19)7-14(9-16)11-20/h2-9H,10-11H2,1H3. The highest BCUT2D eigenvalue weighted by Gasteiger charge is 2.15. The summed E-state index contributed by atoms with van der Waals surface area (Å²) in [6.07, 6.45) is 4.23. The second kappa shape index (κ2) is 5.20. The van der Waals surface area contributed by atoms with E-state index in [0.29, 0.717) is 11.1 Å². The Kier molecular flexibility index (Phi) is 3.39. The molecular formula is C18H15F2. The van der Waals surface area contributed by atoms with Crippen molar-refractivity contribution in [2.45, 2.75) is 20.3 Å². The van der Waals surface area contributed by atoms with E-state index in [1.807, 2.05) is 12.1 Å². The number of halogens is 2. The fourth-order valence-corrected chi connectivity index (χ4v) is 2.71. The number of rotatable bonds is 3. The van der Waals surface area contributed by atoms with Crippen LogP contribution in [-0.2, 0) is 13.3 Å². The van der Waals surface area contributed by atoms with Crippen LogP contribution in [0, 0.1) is 6.42 Å². The lowest BCUT2D eigenvalue weighted by Gasteiger charge is -2.10. The highest BCUT2D eigenvalue weighted by molar-refractivity contribution is 5.83. The summed E-state index contributed by atoms with van der Waals surface area (Å²) in [6, 6.07) is 11.2. The predicted molar refractivity (Wildman–Crippen MR) is 78.6 cm³/mol. The Labute approximate surface area is 117 Å². The van der Waals surface area contributed by atoms with Crippen molar-refractivity contribution in [3.8, 4) is 11.1 Å². The van der Waals surface area contributed by atoms with Crippen molar-refractivity contribution in [1.29, 1.82) is 0 Å². The normalized spacial score (nSPS) is 13.2. The van der Waals surface area contributed by atoms with Gasteiger partial charge < -0.3 is 0 Å². The van der Waals surface area contributed by atoms with Crippen molar-refractivity contribution in [3.63, 3.8) is 0 Å². The third kappa shape index (κ3) is 2.26. The molecule has 0 spiro atoms. The molecule has 0 aliphatic heterocycles. The van der Waals surface area contributed by atoms with Gasteiger partial charge in [0.1, 0.15) is 13.3 Å². The van der Waals surface area contributed by atoms with Crippen molar-refractivity contribution in [3.05, 3.63) is 70.6 Å². The monoisotopic (exact) mass is 269 g/mol. The van der Waals surface area contributed by atoms with Crippen LogP contribution in [0.3, 0.4) is 0 Å². The van der Waals surface area contributed by atoms with Crippen LogP contribution in [0.2, 0.25) is 0 Å². The number of hydrogen-bond donors (Lipinski definition) is 0. The molecule has 1 radical (unpaired) electrons. The minimum absolute atomic E-state index is 0.524. The summed E-state index contributed by atoms with van der Waals surface area (Å²) in [7, 11) is 0. The van der Waals surface area contributed by atoms with Gasteiger partial charge in [-0.3, -0.25) is 0 Å². The molecule has 0 heterocycles. The summed E-state index contributed by atoms with van der Waals surface area (Å²) < 4.78 is 25.9. The molecule has 1 aliphatic rings. The zero-order valence-corrected chi connectivity index (χ0v) is 11.3. The number of alkyl halides is 2. The molecule has 0 bridgehead atoms. The molecule has 1 aliphatic carbocycles. The van der Waals surface area contributed by atoms with Gasteiger partial charge >= 0.3 is 0 Å². The first kappa shape index (κ1) is 13.0. The highest BCUT2D eigenvalue weighted by atomic mass is 19.1. The lowest BCUT2D eigenvalue weighted by molar-refractivity contribution is 0.475. The topological polar surface area (TPSA) is 0 Å². The first-order valence-electron chi connectivity index (χ1n) is 6.62. The lowest BCUT2D eigenvalue weighted by atomic mass is 9.94. The van der Waals surface area contributed by atoms with Gasteiger partial charge in [-0.25, -0.2) is 8.78 Å². The molecule has 0 unspecified atom stereocenters. The Hall–Kier alpha value is -1.96. The van der Waals surface area contributed by atoms with E-state index in [0.717, 1.165) is 22.3 Å². The zero-order valence-electron chi connectivity index (χ0n) is 11.3. The summed E-state index contributed by atoms with van der Waals surface area (Å²) in [5.41, 5.74) is 6.44. The summed E-state index contributed by atoms with van der Waals surface area (Å²) in [5, 5.41) is 0. The van der Waals surface area contributed by atoms with E-state index in [2.05, 4.69) is 25.5 Å². The molecule has 2 aromatic carbocycles. The molecule has 0 atom stereocenters. The van der Waals surface area contributed by atoms with Gasteiger partial charge in [-0.2, -0.15) is 0 Å². The van der Waals surface area contributed by atoms with Crippen LogP contribution in [0.25, 0.3) is 17.2 Å². The van der Waals surface area contributed by atoms with Crippen molar-refractivity contribution >= 4 is 6.08 Å². The molecule has 0 fully saturated rings. The second-order valence-corrected chi connectivity index (χ2v) is 5.15. The fourth-order valence-electron chi connectivity index (χ4n) is 2.71. The van der Waals surface area contributed by atoms with Crippen molar-refractivity contribution < 1.29 is 8.78 Å². The van der Waals surface area contributed by atoms with E-state index in [4.69, 9.17) is 0 Å². The predicted octanol–water partition coefficient (Wildman–Crippen LogP) is 5.26. The van der Waals surface area contributed by atoms with Gasteiger partial charge in [-0.05, 0) is 52.4 Å². The summed E-state index contributed by atoms with van der Waals surface area (Å²) >= 11 is 0. The summed E-state index contributed by atoms with van der Waals surface area (Å²) in [6.45, 7) is 0.905. The van der Waals surface area contributed by atoms with E-state index in [1.54, 1.807) is 18.2 Å². The smallest absolute Gasteiger partial charge is 0.115 e. The van der Waals surface area contributed by atoms with Crippen LogP contribution in [0.15, 0.2) is 42.0 Å². The summed E-state index contributed by atoms with van der Waals surface area (Å²) in [5.74, 6) is 0. The van der Waals surface area contributed by atoms with E-state index in [-0.39, 0.29) is 0 Å². The van der Waals surface area contributed by atoms with Crippen LogP contribution in [-0.4, -0.2) is 0 Å². The van der Waals surface area contributed by atoms with Crippen LogP contribution in [0.4, 0.5) is 8.78 Å². The first-order valence-corrected chi connectivity index (χ1v) is 6.62. The highest BCUT2D eigenvalue weighted by Crippen LogP contribution is 2.35. The molecule has 0 nitrogen and oxygen atoms in total. The number of hydrogen-bond acceptors (Lipinski definition) is 0. The number of fused-ring (bicyclic) bond motifs is 1. The van der Waals surface area contributed by atoms with Gasteiger partial charge in [0.2, 0.25) is 0 Å². The SMILES string of the molecule is CC1=Cc2c(cccc2-c2cc(CF)cc(CF)c2)[CH]1. The largest absolute Gasteiger partial charge is 0.246 e. The fraction of sp³-hybridized carbons (Fsp3) is 0.167. The van der Waals surface area contributed by atoms with Gasteiger partial charge in [0.15, 0.2) is 0 Å². The molecule has 0 saturated carbocycles. The van der Waals surface area contributed by atoms with Gasteiger partial charge in [0.25, 0.3) is 0 Å². The van der Waals surface area contributed by atoms with Crippen molar-refractivity contribution in [1.82, 2.24) is 0 Å². The molecule has 101 valence electrons. The van der Waals surface area contributed by atoms with Gasteiger partial charge in [0, 0.05) is 6.42 Å². The van der Waals surface area contributed by atoms with Gasteiger partial charge in [0.05, 0.1) is 0 Å². The van der Waals surface area contributed by atoms with E-state index in [9.17, 15) is 8.78 Å². The summed E-state index contributed by atoms with van der Waals surface area (Å²) in [4.78, 5) is 0. The number of allylic oxidation sites excluding steroid dienone is 1. The Bertz CT molecular complexity index is 662. The second-order valence-electron chi connectivity index (χ2n) is 5.15. The maximum Gasteiger partial charge on any atom is 0.115 e. The molecule has 20 heavy (non-hydrogen) atoms. The minimum atomic E-state index is -0.573. The van der Waals surface area contributed by atoms with Crippen molar-refractivity contribution in [2.75, 3.05) is 0 Å². The maximum absolute atomic E-state index is 12.9. The van der Waals surface area contributed by atoms with Crippen LogP contribution < -0.4 is 0 Å². The molecule has 0 aromatic heterocycles. The third-order valence-electron chi connectivity index (χ3n) is 3.57. The molecule has 2 heteroatoms. The Balaban J connectivity index is 2.17. The zero-order chi connectivity index (χ0) is 14.1. The van der Waals surface area contributed by atoms with Crippen LogP contribution in [0.5, 0.6) is 0 Å². The molecular weight excluding hydrogens is 254 g/mol. The Morgan fingerprint density at radius 1 is 0.950 bits per heavy atom. The van der Waals surface area contributed by atoms with Crippen LogP contribution >= 0.6 is 0 Å².